The predicted octanol–water partition coefficient (Wildman–Crippen LogP) is 5.05. The first-order valence-corrected chi connectivity index (χ1v) is 7.34. The summed E-state index contributed by atoms with van der Waals surface area (Å²) in [6.07, 6.45) is 10.2. The Morgan fingerprint density at radius 3 is 2.32 bits per heavy atom. The Bertz CT molecular complexity index is 309. The van der Waals surface area contributed by atoms with Gasteiger partial charge >= 0.3 is 5.97 Å². The van der Waals surface area contributed by atoms with E-state index in [4.69, 9.17) is 4.74 Å². The first-order valence-electron chi connectivity index (χ1n) is 7.34. The maximum atomic E-state index is 10.6. The van der Waals surface area contributed by atoms with Gasteiger partial charge in [-0.15, -0.1) is 0 Å². The second kappa shape index (κ2) is 10.8. The average Bonchev–Trinajstić information content (AvgIpc) is 2.27. The molecule has 0 amide bonds. The fourth-order valence-electron chi connectivity index (χ4n) is 1.85. The van der Waals surface area contributed by atoms with E-state index in [0.29, 0.717) is 12.5 Å². The van der Waals surface area contributed by atoms with Gasteiger partial charge < -0.3 is 4.74 Å². The predicted molar refractivity (Wildman–Crippen MR) is 82.1 cm³/mol. The van der Waals surface area contributed by atoms with Crippen LogP contribution in [0.25, 0.3) is 0 Å². The molecule has 2 nitrogen and oxygen atoms in total. The van der Waals surface area contributed by atoms with Crippen LogP contribution in [0.15, 0.2) is 23.3 Å². The molecule has 0 bridgehead atoms. The smallest absolute Gasteiger partial charge is 0.302 e. The van der Waals surface area contributed by atoms with Crippen molar-refractivity contribution in [1.29, 1.82) is 0 Å². The van der Waals surface area contributed by atoms with Gasteiger partial charge in [0.05, 0.1) is 6.61 Å². The zero-order valence-corrected chi connectivity index (χ0v) is 13.3. The van der Waals surface area contributed by atoms with Crippen LogP contribution in [0.3, 0.4) is 0 Å². The molecule has 0 aromatic carbocycles. The molecular weight excluding hydrogens is 236 g/mol. The molecule has 2 heteroatoms. The number of carbonyl (C=O) groups excluding carboxylic acids is 1. The maximum absolute atomic E-state index is 10.6. The number of hydrogen-bond donors (Lipinski definition) is 0. The van der Waals surface area contributed by atoms with Crippen molar-refractivity contribution in [2.24, 2.45) is 5.92 Å². The normalized spacial score (nSPS) is 13.0. The molecule has 0 heterocycles. The fourth-order valence-corrected chi connectivity index (χ4v) is 1.85. The van der Waals surface area contributed by atoms with Crippen LogP contribution < -0.4 is 0 Å². The van der Waals surface area contributed by atoms with Crippen molar-refractivity contribution in [2.45, 2.75) is 66.7 Å². The lowest BCUT2D eigenvalue weighted by molar-refractivity contribution is -0.141. The quantitative estimate of drug-likeness (QED) is 0.431. The van der Waals surface area contributed by atoms with Crippen LogP contribution in [0.2, 0.25) is 0 Å². The summed E-state index contributed by atoms with van der Waals surface area (Å²) in [7, 11) is 0. The van der Waals surface area contributed by atoms with Crippen molar-refractivity contribution in [1.82, 2.24) is 0 Å². The minimum absolute atomic E-state index is 0.179. The first-order chi connectivity index (χ1) is 8.91. The number of rotatable bonds is 9. The van der Waals surface area contributed by atoms with Crippen molar-refractivity contribution < 1.29 is 9.53 Å². The number of carbonyl (C=O) groups is 1. The van der Waals surface area contributed by atoms with Gasteiger partial charge in [-0.2, -0.15) is 0 Å². The highest BCUT2D eigenvalue weighted by atomic mass is 16.5. The van der Waals surface area contributed by atoms with Crippen LogP contribution >= 0.6 is 0 Å². The molecule has 0 rings (SSSR count). The van der Waals surface area contributed by atoms with Crippen LogP contribution in [0.4, 0.5) is 0 Å². The molecule has 110 valence electrons. The second-order valence-corrected chi connectivity index (χ2v) is 5.68. The lowest BCUT2D eigenvalue weighted by Gasteiger charge is -2.10. The molecule has 0 aliphatic carbocycles. The van der Waals surface area contributed by atoms with E-state index in [9.17, 15) is 4.79 Å². The Labute approximate surface area is 118 Å². The molecule has 1 unspecified atom stereocenters. The van der Waals surface area contributed by atoms with Gasteiger partial charge in [0.2, 0.25) is 0 Å². The van der Waals surface area contributed by atoms with Crippen LogP contribution in [-0.2, 0) is 9.53 Å². The van der Waals surface area contributed by atoms with Crippen LogP contribution in [0, 0.1) is 5.92 Å². The lowest BCUT2D eigenvalue weighted by atomic mass is 10.0. The minimum atomic E-state index is -0.179. The van der Waals surface area contributed by atoms with Crippen molar-refractivity contribution >= 4 is 5.97 Å². The lowest BCUT2D eigenvalue weighted by Crippen LogP contribution is -2.05. The van der Waals surface area contributed by atoms with Crippen LogP contribution in [0.5, 0.6) is 0 Å². The molecule has 1 atom stereocenters. The van der Waals surface area contributed by atoms with Crippen molar-refractivity contribution in [2.75, 3.05) is 6.61 Å². The molecule has 0 radical (unpaired) electrons. The van der Waals surface area contributed by atoms with E-state index in [-0.39, 0.29) is 5.97 Å². The Morgan fingerprint density at radius 1 is 1.05 bits per heavy atom. The van der Waals surface area contributed by atoms with Crippen LogP contribution in [0.1, 0.15) is 66.7 Å². The van der Waals surface area contributed by atoms with E-state index in [2.05, 4.69) is 39.8 Å². The molecular formula is C17H30O2. The highest BCUT2D eigenvalue weighted by molar-refractivity contribution is 5.65. The molecule has 0 saturated carbocycles. The zero-order valence-electron chi connectivity index (χ0n) is 13.3. The van der Waals surface area contributed by atoms with Crippen LogP contribution in [-0.4, -0.2) is 12.6 Å². The third-order valence-corrected chi connectivity index (χ3v) is 3.16. The summed E-state index contributed by atoms with van der Waals surface area (Å²) in [4.78, 5) is 10.6. The summed E-state index contributed by atoms with van der Waals surface area (Å²) < 4.78 is 4.95. The summed E-state index contributed by atoms with van der Waals surface area (Å²) in [6, 6.07) is 0. The highest BCUT2D eigenvalue weighted by Gasteiger charge is 2.02. The summed E-state index contributed by atoms with van der Waals surface area (Å²) >= 11 is 0. The zero-order chi connectivity index (χ0) is 14.7. The standard InChI is InChI=1S/C17H30O2/c1-14(2)8-6-9-15(3)10-7-11-16(4)12-13-19-17(5)18/h8,10,16H,6-7,9,11-13H2,1-5H3. The van der Waals surface area contributed by atoms with Gasteiger partial charge in [0.25, 0.3) is 0 Å². The Balaban J connectivity index is 3.69. The highest BCUT2D eigenvalue weighted by Crippen LogP contribution is 2.14. The van der Waals surface area contributed by atoms with Gasteiger partial charge in [-0.3, -0.25) is 4.79 Å². The number of ether oxygens (including phenoxy) is 1. The first kappa shape index (κ1) is 17.9. The SMILES string of the molecule is CC(=O)OCCC(C)CCC=C(C)CCC=C(C)C. The molecule has 0 aliphatic rings. The Hall–Kier alpha value is -1.05. The van der Waals surface area contributed by atoms with Crippen molar-refractivity contribution in [3.63, 3.8) is 0 Å². The third kappa shape index (κ3) is 13.2. The van der Waals surface area contributed by atoms with Gasteiger partial charge in [0, 0.05) is 6.92 Å². The number of esters is 1. The van der Waals surface area contributed by atoms with E-state index >= 15 is 0 Å². The van der Waals surface area contributed by atoms with Gasteiger partial charge in [-0.05, 0) is 58.8 Å². The van der Waals surface area contributed by atoms with E-state index in [1.54, 1.807) is 0 Å². The maximum Gasteiger partial charge on any atom is 0.302 e. The topological polar surface area (TPSA) is 26.3 Å². The molecule has 0 aromatic rings. The van der Waals surface area contributed by atoms with Gasteiger partial charge in [0.1, 0.15) is 0 Å². The van der Waals surface area contributed by atoms with E-state index in [1.165, 1.54) is 24.5 Å². The summed E-state index contributed by atoms with van der Waals surface area (Å²) in [6.45, 7) is 10.7. The Morgan fingerprint density at radius 2 is 1.74 bits per heavy atom. The molecule has 0 N–H and O–H groups in total. The molecule has 0 spiro atoms. The minimum Gasteiger partial charge on any atom is -0.466 e. The van der Waals surface area contributed by atoms with Gasteiger partial charge in [0.15, 0.2) is 0 Å². The largest absolute Gasteiger partial charge is 0.466 e. The average molecular weight is 266 g/mol. The Kier molecular flexibility index (Phi) is 10.2. The number of allylic oxidation sites excluding steroid dienone is 4. The monoisotopic (exact) mass is 266 g/mol. The third-order valence-electron chi connectivity index (χ3n) is 3.16. The summed E-state index contributed by atoms with van der Waals surface area (Å²) in [5.41, 5.74) is 2.87. The van der Waals surface area contributed by atoms with Gasteiger partial charge in [-0.1, -0.05) is 30.2 Å². The molecule has 0 aromatic heterocycles. The molecule has 0 aliphatic heterocycles. The van der Waals surface area contributed by atoms with E-state index < -0.39 is 0 Å². The second-order valence-electron chi connectivity index (χ2n) is 5.68. The number of hydrogen-bond acceptors (Lipinski definition) is 2. The summed E-state index contributed by atoms with van der Waals surface area (Å²) in [5, 5.41) is 0. The van der Waals surface area contributed by atoms with Crippen molar-refractivity contribution in [3.05, 3.63) is 23.3 Å². The van der Waals surface area contributed by atoms with Gasteiger partial charge in [-0.25, -0.2) is 0 Å². The van der Waals surface area contributed by atoms with Crippen molar-refractivity contribution in [3.8, 4) is 0 Å². The molecule has 0 fully saturated rings. The molecule has 19 heavy (non-hydrogen) atoms. The molecule has 0 saturated heterocycles. The van der Waals surface area contributed by atoms with E-state index in [1.807, 2.05) is 0 Å². The summed E-state index contributed by atoms with van der Waals surface area (Å²) in [5.74, 6) is 0.434. The van der Waals surface area contributed by atoms with E-state index in [0.717, 1.165) is 25.7 Å². The fraction of sp³-hybridized carbons (Fsp3) is 0.706.